The maximum atomic E-state index is 11.1. The van der Waals surface area contributed by atoms with Gasteiger partial charge in [0.05, 0.1) is 23.0 Å². The molecule has 6 nitrogen and oxygen atoms in total. The normalized spacial score (nSPS) is 12.2. The minimum absolute atomic E-state index is 0.135. The number of nitrogens with zero attached hydrogens (tertiary/aromatic N) is 1. The number of hydrogen-bond acceptors (Lipinski definition) is 5. The second-order valence-electron chi connectivity index (χ2n) is 4.21. The number of thioether (sulfide) groups is 1. The zero-order valence-corrected chi connectivity index (χ0v) is 11.6. The minimum atomic E-state index is -0.981. The summed E-state index contributed by atoms with van der Waals surface area (Å²) in [5, 5.41) is 19.4. The fraction of sp³-hybridized carbons (Fsp3) is 0.417. The predicted molar refractivity (Wildman–Crippen MR) is 71.8 cm³/mol. The van der Waals surface area contributed by atoms with Crippen LogP contribution < -0.4 is 4.74 Å². The Morgan fingerprint density at radius 3 is 2.53 bits per heavy atom. The molecular weight excluding hydrogens is 270 g/mol. The van der Waals surface area contributed by atoms with E-state index in [0.29, 0.717) is 10.6 Å². The highest BCUT2D eigenvalue weighted by Gasteiger charge is 2.26. The number of carboxylic acids is 1. The second-order valence-corrected chi connectivity index (χ2v) is 5.39. The Bertz CT molecular complexity index is 489. The molecule has 0 aromatic heterocycles. The lowest BCUT2D eigenvalue weighted by atomic mass is 10.1. The summed E-state index contributed by atoms with van der Waals surface area (Å²) in [6, 6.07) is 4.39. The average Bonchev–Trinajstić information content (AvgIpc) is 2.34. The van der Waals surface area contributed by atoms with E-state index in [2.05, 4.69) is 0 Å². The number of benzene rings is 1. The molecule has 0 aliphatic heterocycles. The Morgan fingerprint density at radius 1 is 1.47 bits per heavy atom. The van der Waals surface area contributed by atoms with Crippen molar-refractivity contribution in [2.24, 2.45) is 5.92 Å². The lowest BCUT2D eigenvalue weighted by Crippen LogP contribution is -2.22. The van der Waals surface area contributed by atoms with Crippen LogP contribution >= 0.6 is 11.8 Å². The third kappa shape index (κ3) is 3.85. The van der Waals surface area contributed by atoms with E-state index in [9.17, 15) is 14.9 Å². The minimum Gasteiger partial charge on any atom is -0.497 e. The van der Waals surface area contributed by atoms with Gasteiger partial charge in [0, 0.05) is 0 Å². The van der Waals surface area contributed by atoms with Crippen LogP contribution in [0.2, 0.25) is 0 Å². The fourth-order valence-electron chi connectivity index (χ4n) is 1.47. The maximum Gasteiger partial charge on any atom is 0.317 e. The Morgan fingerprint density at radius 2 is 2.11 bits per heavy atom. The van der Waals surface area contributed by atoms with Gasteiger partial charge in [-0.1, -0.05) is 13.8 Å². The number of methoxy groups -OCH3 is 1. The molecule has 0 heterocycles. The second kappa shape index (κ2) is 6.42. The molecule has 0 aliphatic rings. The standard InChI is InChI=1S/C12H15NO5S/c1-7(2)11(12(14)15)19-10-5-4-8(18-3)6-9(10)13(16)17/h4-7,11H,1-3H3,(H,14,15). The molecular formula is C12H15NO5S. The number of aliphatic carboxylic acids is 1. The number of carboxylic acid groups (broad SMARTS) is 1. The van der Waals surface area contributed by atoms with Crippen LogP contribution in [-0.4, -0.2) is 28.4 Å². The monoisotopic (exact) mass is 285 g/mol. The van der Waals surface area contributed by atoms with E-state index >= 15 is 0 Å². The van der Waals surface area contributed by atoms with Gasteiger partial charge in [-0.2, -0.15) is 0 Å². The molecule has 19 heavy (non-hydrogen) atoms. The first-order valence-corrected chi connectivity index (χ1v) is 6.46. The number of nitro groups is 1. The highest BCUT2D eigenvalue weighted by Crippen LogP contribution is 2.37. The van der Waals surface area contributed by atoms with E-state index in [4.69, 9.17) is 9.84 Å². The van der Waals surface area contributed by atoms with E-state index in [1.807, 2.05) is 0 Å². The molecule has 1 rings (SSSR count). The first-order chi connectivity index (χ1) is 8.86. The van der Waals surface area contributed by atoms with Crippen LogP contribution in [0.4, 0.5) is 5.69 Å². The highest BCUT2D eigenvalue weighted by molar-refractivity contribution is 8.00. The van der Waals surface area contributed by atoms with Crippen molar-refractivity contribution in [1.82, 2.24) is 0 Å². The van der Waals surface area contributed by atoms with E-state index in [1.165, 1.54) is 19.2 Å². The molecule has 0 bridgehead atoms. The molecule has 0 saturated heterocycles. The summed E-state index contributed by atoms with van der Waals surface area (Å²) < 4.78 is 4.93. The van der Waals surface area contributed by atoms with Gasteiger partial charge in [0.2, 0.25) is 0 Å². The Kier molecular flexibility index (Phi) is 5.17. The van der Waals surface area contributed by atoms with Gasteiger partial charge in [-0.05, 0) is 18.1 Å². The maximum absolute atomic E-state index is 11.1. The molecule has 0 radical (unpaired) electrons. The van der Waals surface area contributed by atoms with E-state index < -0.39 is 16.1 Å². The summed E-state index contributed by atoms with van der Waals surface area (Å²) >= 11 is 0.982. The summed E-state index contributed by atoms with van der Waals surface area (Å²) in [4.78, 5) is 21.9. The van der Waals surface area contributed by atoms with E-state index in [1.54, 1.807) is 19.9 Å². The van der Waals surface area contributed by atoms with Crippen LogP contribution in [-0.2, 0) is 4.79 Å². The van der Waals surface area contributed by atoms with Crippen LogP contribution in [0.1, 0.15) is 13.8 Å². The highest BCUT2D eigenvalue weighted by atomic mass is 32.2. The van der Waals surface area contributed by atoms with Gasteiger partial charge in [0.1, 0.15) is 11.0 Å². The molecule has 0 amide bonds. The number of rotatable bonds is 6. The van der Waals surface area contributed by atoms with Crippen LogP contribution in [0.15, 0.2) is 23.1 Å². The van der Waals surface area contributed by atoms with Gasteiger partial charge in [-0.25, -0.2) is 0 Å². The molecule has 0 aliphatic carbocycles. The summed E-state index contributed by atoms with van der Waals surface area (Å²) in [6.07, 6.45) is 0. The fourth-order valence-corrected chi connectivity index (χ4v) is 2.52. The molecule has 1 unspecified atom stereocenters. The number of carbonyl (C=O) groups is 1. The number of nitro benzene ring substituents is 1. The third-order valence-corrected chi connectivity index (χ3v) is 4.06. The van der Waals surface area contributed by atoms with Crippen molar-refractivity contribution in [2.45, 2.75) is 24.0 Å². The SMILES string of the molecule is COc1ccc(SC(C(=O)O)C(C)C)c([N+](=O)[O-])c1. The van der Waals surface area contributed by atoms with Gasteiger partial charge in [-0.3, -0.25) is 14.9 Å². The number of ether oxygens (including phenoxy) is 1. The van der Waals surface area contributed by atoms with Gasteiger partial charge >= 0.3 is 5.97 Å². The first-order valence-electron chi connectivity index (χ1n) is 5.58. The first kappa shape index (κ1) is 15.3. The molecule has 1 aromatic carbocycles. The van der Waals surface area contributed by atoms with Crippen LogP contribution in [0.5, 0.6) is 5.75 Å². The van der Waals surface area contributed by atoms with Crippen molar-refractivity contribution >= 4 is 23.4 Å². The van der Waals surface area contributed by atoms with Gasteiger partial charge in [0.25, 0.3) is 5.69 Å². The summed E-state index contributed by atoms with van der Waals surface area (Å²) in [7, 11) is 1.42. The van der Waals surface area contributed by atoms with Crippen molar-refractivity contribution in [2.75, 3.05) is 7.11 Å². The molecule has 104 valence electrons. The van der Waals surface area contributed by atoms with E-state index in [-0.39, 0.29) is 11.6 Å². The molecule has 0 fully saturated rings. The van der Waals surface area contributed by atoms with Gasteiger partial charge in [0.15, 0.2) is 0 Å². The van der Waals surface area contributed by atoms with Crippen molar-refractivity contribution in [3.63, 3.8) is 0 Å². The van der Waals surface area contributed by atoms with Crippen LogP contribution in [0.25, 0.3) is 0 Å². The van der Waals surface area contributed by atoms with E-state index in [0.717, 1.165) is 11.8 Å². The molecule has 1 aromatic rings. The molecule has 7 heteroatoms. The number of hydrogen-bond donors (Lipinski definition) is 1. The largest absolute Gasteiger partial charge is 0.497 e. The van der Waals surface area contributed by atoms with Crippen LogP contribution in [0.3, 0.4) is 0 Å². The Labute approximate surface area is 114 Å². The van der Waals surface area contributed by atoms with Crippen molar-refractivity contribution < 1.29 is 19.6 Å². The summed E-state index contributed by atoms with van der Waals surface area (Å²) in [5.41, 5.74) is -0.142. The zero-order valence-electron chi connectivity index (χ0n) is 10.8. The molecule has 1 atom stereocenters. The smallest absolute Gasteiger partial charge is 0.317 e. The van der Waals surface area contributed by atoms with Crippen molar-refractivity contribution in [3.05, 3.63) is 28.3 Å². The lowest BCUT2D eigenvalue weighted by Gasteiger charge is -2.15. The summed E-state index contributed by atoms with van der Waals surface area (Å²) in [6.45, 7) is 3.53. The van der Waals surface area contributed by atoms with Crippen LogP contribution in [0, 0.1) is 16.0 Å². The van der Waals surface area contributed by atoms with Crippen molar-refractivity contribution in [3.8, 4) is 5.75 Å². The molecule has 0 spiro atoms. The molecule has 1 N–H and O–H groups in total. The topological polar surface area (TPSA) is 89.7 Å². The molecule has 0 saturated carbocycles. The lowest BCUT2D eigenvalue weighted by molar-refractivity contribution is -0.387. The van der Waals surface area contributed by atoms with Gasteiger partial charge < -0.3 is 9.84 Å². The predicted octanol–water partition coefficient (Wildman–Crippen LogP) is 2.80. The average molecular weight is 285 g/mol. The Hall–Kier alpha value is -1.76. The quantitative estimate of drug-likeness (QED) is 0.491. The van der Waals surface area contributed by atoms with Gasteiger partial charge in [-0.15, -0.1) is 11.8 Å². The Balaban J connectivity index is 3.12. The summed E-state index contributed by atoms with van der Waals surface area (Å²) in [5.74, 6) is -0.748. The third-order valence-electron chi connectivity index (χ3n) is 2.47. The van der Waals surface area contributed by atoms with Crippen molar-refractivity contribution in [1.29, 1.82) is 0 Å². The zero-order chi connectivity index (χ0) is 14.6.